The molecule has 26 heavy (non-hydrogen) atoms. The van der Waals surface area contributed by atoms with E-state index in [1.165, 1.54) is 5.56 Å². The molecule has 2 aliphatic heterocycles. The van der Waals surface area contributed by atoms with Gasteiger partial charge in [-0.3, -0.25) is 14.4 Å². The van der Waals surface area contributed by atoms with E-state index in [1.54, 1.807) is 9.80 Å². The van der Waals surface area contributed by atoms with Crippen molar-refractivity contribution in [3.63, 3.8) is 0 Å². The molecule has 2 saturated heterocycles. The average Bonchev–Trinajstić information content (AvgIpc) is 3.00. The highest BCUT2D eigenvalue weighted by Gasteiger charge is 2.37. The second kappa shape index (κ2) is 8.31. The Morgan fingerprint density at radius 1 is 1.19 bits per heavy atom. The van der Waals surface area contributed by atoms with Gasteiger partial charge in [0.2, 0.25) is 11.8 Å². The Balaban J connectivity index is 1.52. The van der Waals surface area contributed by atoms with Gasteiger partial charge in [-0.15, -0.1) is 0 Å². The van der Waals surface area contributed by atoms with Crippen LogP contribution in [0.5, 0.6) is 0 Å². The Morgan fingerprint density at radius 2 is 1.96 bits per heavy atom. The van der Waals surface area contributed by atoms with E-state index < -0.39 is 12.1 Å². The van der Waals surface area contributed by atoms with Crippen LogP contribution in [0, 0.1) is 5.92 Å². The number of benzene rings is 1. The third kappa shape index (κ3) is 4.60. The first-order valence-electron chi connectivity index (χ1n) is 8.97. The maximum absolute atomic E-state index is 12.7. The monoisotopic (exact) mass is 360 g/mol. The molecular formula is C19H24N2O5. The summed E-state index contributed by atoms with van der Waals surface area (Å²) in [4.78, 5) is 39.2. The van der Waals surface area contributed by atoms with Crippen molar-refractivity contribution in [2.24, 2.45) is 5.92 Å². The minimum atomic E-state index is -0.938. The number of ether oxygens (including phenoxy) is 1. The van der Waals surface area contributed by atoms with E-state index in [4.69, 9.17) is 9.84 Å². The molecule has 2 heterocycles. The number of likely N-dealkylation sites (tertiary alicyclic amines) is 1. The van der Waals surface area contributed by atoms with Crippen molar-refractivity contribution in [3.8, 4) is 0 Å². The molecule has 2 fully saturated rings. The summed E-state index contributed by atoms with van der Waals surface area (Å²) in [6.07, 6.45) is 0.410. The van der Waals surface area contributed by atoms with Crippen molar-refractivity contribution in [2.75, 3.05) is 32.8 Å². The van der Waals surface area contributed by atoms with Crippen LogP contribution in [0.25, 0.3) is 0 Å². The zero-order valence-electron chi connectivity index (χ0n) is 14.7. The van der Waals surface area contributed by atoms with Crippen molar-refractivity contribution in [3.05, 3.63) is 35.9 Å². The van der Waals surface area contributed by atoms with Crippen molar-refractivity contribution in [2.45, 2.75) is 25.4 Å². The summed E-state index contributed by atoms with van der Waals surface area (Å²) in [7, 11) is 0. The first-order valence-corrected chi connectivity index (χ1v) is 8.97. The van der Waals surface area contributed by atoms with Gasteiger partial charge < -0.3 is 19.6 Å². The molecule has 0 aromatic heterocycles. The number of hydrogen-bond acceptors (Lipinski definition) is 4. The molecular weight excluding hydrogens is 336 g/mol. The molecule has 2 amide bonds. The highest BCUT2D eigenvalue weighted by molar-refractivity contribution is 5.89. The van der Waals surface area contributed by atoms with E-state index in [-0.39, 0.29) is 37.1 Å². The number of rotatable bonds is 6. The van der Waals surface area contributed by atoms with Crippen LogP contribution in [0.4, 0.5) is 0 Å². The minimum absolute atomic E-state index is 0.00891. The smallest absolute Gasteiger partial charge is 0.306 e. The van der Waals surface area contributed by atoms with Gasteiger partial charge in [-0.25, -0.2) is 0 Å². The highest BCUT2D eigenvalue weighted by Crippen LogP contribution is 2.22. The van der Waals surface area contributed by atoms with Crippen LogP contribution in [0.15, 0.2) is 30.3 Å². The normalized spacial score (nSPS) is 23.3. The molecule has 3 rings (SSSR count). The van der Waals surface area contributed by atoms with E-state index >= 15 is 0 Å². The Hall–Kier alpha value is -2.41. The Kier molecular flexibility index (Phi) is 5.88. The van der Waals surface area contributed by atoms with Gasteiger partial charge in [-0.1, -0.05) is 30.3 Å². The van der Waals surface area contributed by atoms with Gasteiger partial charge in [0.1, 0.15) is 0 Å². The van der Waals surface area contributed by atoms with Crippen LogP contribution >= 0.6 is 0 Å². The summed E-state index contributed by atoms with van der Waals surface area (Å²) in [5.74, 6) is -1.34. The van der Waals surface area contributed by atoms with Gasteiger partial charge in [-0.05, 0) is 12.0 Å². The molecule has 7 nitrogen and oxygen atoms in total. The predicted molar refractivity (Wildman–Crippen MR) is 93.4 cm³/mol. The van der Waals surface area contributed by atoms with Gasteiger partial charge in [0.25, 0.3) is 0 Å². The topological polar surface area (TPSA) is 87.2 Å². The van der Waals surface area contributed by atoms with Gasteiger partial charge in [0, 0.05) is 32.6 Å². The van der Waals surface area contributed by atoms with E-state index in [0.717, 1.165) is 6.42 Å². The molecule has 1 aromatic carbocycles. The van der Waals surface area contributed by atoms with Crippen molar-refractivity contribution in [1.82, 2.24) is 9.80 Å². The summed E-state index contributed by atoms with van der Waals surface area (Å²) >= 11 is 0. The van der Waals surface area contributed by atoms with Crippen LogP contribution in [0.3, 0.4) is 0 Å². The quantitative estimate of drug-likeness (QED) is 0.810. The number of aliphatic carboxylic acids is 1. The molecule has 0 aliphatic carbocycles. The molecule has 7 heteroatoms. The fourth-order valence-corrected chi connectivity index (χ4v) is 3.56. The van der Waals surface area contributed by atoms with Crippen molar-refractivity contribution in [1.29, 1.82) is 0 Å². The predicted octanol–water partition coefficient (Wildman–Crippen LogP) is 0.780. The average molecular weight is 360 g/mol. The number of carbonyl (C=O) groups is 3. The number of hydrogen-bond donors (Lipinski definition) is 1. The maximum Gasteiger partial charge on any atom is 0.306 e. The Morgan fingerprint density at radius 3 is 2.69 bits per heavy atom. The first kappa shape index (κ1) is 18.4. The lowest BCUT2D eigenvalue weighted by Crippen LogP contribution is -2.48. The summed E-state index contributed by atoms with van der Waals surface area (Å²) < 4.78 is 5.41. The highest BCUT2D eigenvalue weighted by atomic mass is 16.5. The molecule has 0 bridgehead atoms. The molecule has 2 aliphatic rings. The van der Waals surface area contributed by atoms with Crippen molar-refractivity contribution < 1.29 is 24.2 Å². The first-order chi connectivity index (χ1) is 12.5. The second-order valence-corrected chi connectivity index (χ2v) is 6.85. The standard InChI is InChI=1S/C19H24N2O5/c22-17-10-15(12-20(17)7-6-14-4-2-1-3-5-14)19(25)21-8-9-26-16(13-21)11-18(23)24/h1-5,15-16H,6-13H2,(H,23,24). The lowest BCUT2D eigenvalue weighted by molar-refractivity contribution is -0.149. The van der Waals surface area contributed by atoms with Gasteiger partial charge in [-0.2, -0.15) is 0 Å². The SMILES string of the molecule is O=C(O)CC1CN(C(=O)C2CC(=O)N(CCc3ccccc3)C2)CCO1. The van der Waals surface area contributed by atoms with E-state index in [2.05, 4.69) is 0 Å². The van der Waals surface area contributed by atoms with Crippen LogP contribution in [-0.4, -0.2) is 71.6 Å². The molecule has 0 spiro atoms. The molecule has 0 radical (unpaired) electrons. The number of carboxylic acid groups (broad SMARTS) is 1. The summed E-state index contributed by atoms with van der Waals surface area (Å²) in [5.41, 5.74) is 1.17. The lowest BCUT2D eigenvalue weighted by atomic mass is 10.1. The second-order valence-electron chi connectivity index (χ2n) is 6.85. The summed E-state index contributed by atoms with van der Waals surface area (Å²) in [5, 5.41) is 8.89. The Bertz CT molecular complexity index is 663. The summed E-state index contributed by atoms with van der Waals surface area (Å²) in [6.45, 7) is 2.11. The van der Waals surface area contributed by atoms with Crippen molar-refractivity contribution >= 4 is 17.8 Å². The van der Waals surface area contributed by atoms with Gasteiger partial charge in [0.05, 0.1) is 25.0 Å². The van der Waals surface area contributed by atoms with Crippen LogP contribution in [0.2, 0.25) is 0 Å². The number of nitrogens with zero attached hydrogens (tertiary/aromatic N) is 2. The third-order valence-corrected chi connectivity index (χ3v) is 4.93. The number of carbonyl (C=O) groups excluding carboxylic acids is 2. The summed E-state index contributed by atoms with van der Waals surface area (Å²) in [6, 6.07) is 9.96. The molecule has 2 unspecified atom stereocenters. The number of amides is 2. The maximum atomic E-state index is 12.7. The van der Waals surface area contributed by atoms with Crippen LogP contribution in [-0.2, 0) is 25.5 Å². The zero-order valence-corrected chi connectivity index (χ0v) is 14.7. The fourth-order valence-electron chi connectivity index (χ4n) is 3.56. The van der Waals surface area contributed by atoms with Gasteiger partial charge in [0.15, 0.2) is 0 Å². The van der Waals surface area contributed by atoms with Gasteiger partial charge >= 0.3 is 5.97 Å². The van der Waals surface area contributed by atoms with E-state index in [0.29, 0.717) is 26.2 Å². The Labute approximate surface area is 152 Å². The third-order valence-electron chi connectivity index (χ3n) is 4.93. The van der Waals surface area contributed by atoms with Crippen LogP contribution < -0.4 is 0 Å². The lowest BCUT2D eigenvalue weighted by Gasteiger charge is -2.33. The molecule has 140 valence electrons. The largest absolute Gasteiger partial charge is 0.481 e. The minimum Gasteiger partial charge on any atom is -0.481 e. The molecule has 1 N–H and O–H groups in total. The fraction of sp³-hybridized carbons (Fsp3) is 0.526. The number of carboxylic acids is 1. The molecule has 1 aromatic rings. The number of morpholine rings is 1. The molecule has 0 saturated carbocycles. The van der Waals surface area contributed by atoms with E-state index in [9.17, 15) is 14.4 Å². The van der Waals surface area contributed by atoms with Crippen LogP contribution in [0.1, 0.15) is 18.4 Å². The van der Waals surface area contributed by atoms with E-state index in [1.807, 2.05) is 30.3 Å². The zero-order chi connectivity index (χ0) is 18.5. The molecule has 2 atom stereocenters.